The second-order valence-electron chi connectivity index (χ2n) is 6.02. The maximum absolute atomic E-state index is 12.0. The van der Waals surface area contributed by atoms with Crippen LogP contribution in [0.3, 0.4) is 0 Å². The van der Waals surface area contributed by atoms with Crippen LogP contribution in [0.25, 0.3) is 0 Å². The summed E-state index contributed by atoms with van der Waals surface area (Å²) in [6.07, 6.45) is 4.57. The Bertz CT molecular complexity index is 277. The van der Waals surface area contributed by atoms with Crippen molar-refractivity contribution in [2.24, 2.45) is 11.8 Å². The molecular formula is C14H26N2O2. The lowest BCUT2D eigenvalue weighted by Crippen LogP contribution is -2.32. The van der Waals surface area contributed by atoms with Crippen molar-refractivity contribution in [1.29, 1.82) is 0 Å². The van der Waals surface area contributed by atoms with Crippen LogP contribution in [0.4, 0.5) is 0 Å². The van der Waals surface area contributed by atoms with Gasteiger partial charge in [0.25, 0.3) is 0 Å². The molecule has 1 N–H and O–H groups in total. The average Bonchev–Trinajstić information content (AvgIpc) is 3.08. The van der Waals surface area contributed by atoms with Gasteiger partial charge in [-0.1, -0.05) is 13.8 Å². The number of nitrogens with zero attached hydrogens (tertiary/aromatic N) is 1. The normalized spacial score (nSPS) is 24.3. The Morgan fingerprint density at radius 2 is 2.22 bits per heavy atom. The van der Waals surface area contributed by atoms with E-state index in [0.717, 1.165) is 38.5 Å². The Morgan fingerprint density at radius 3 is 2.89 bits per heavy atom. The summed E-state index contributed by atoms with van der Waals surface area (Å²) < 4.78 is 5.59. The Labute approximate surface area is 110 Å². The molecule has 1 saturated carbocycles. The van der Waals surface area contributed by atoms with E-state index in [-0.39, 0.29) is 11.9 Å². The van der Waals surface area contributed by atoms with Crippen molar-refractivity contribution < 1.29 is 9.53 Å². The minimum atomic E-state index is 0.0392. The van der Waals surface area contributed by atoms with E-state index in [1.807, 2.05) is 4.90 Å². The molecular weight excluding hydrogens is 228 g/mol. The van der Waals surface area contributed by atoms with Gasteiger partial charge in [-0.15, -0.1) is 0 Å². The Kier molecular flexibility index (Phi) is 5.01. The van der Waals surface area contributed by atoms with Gasteiger partial charge >= 0.3 is 0 Å². The van der Waals surface area contributed by atoms with Gasteiger partial charge in [-0.05, 0) is 37.5 Å². The van der Waals surface area contributed by atoms with E-state index in [1.165, 1.54) is 12.8 Å². The first kappa shape index (κ1) is 13.8. The SMILES string of the molecule is CC(C)CC1NCN(CCCOCC2CC2)C1=O. The molecule has 2 rings (SSSR count). The highest BCUT2D eigenvalue weighted by Gasteiger charge is 2.30. The minimum absolute atomic E-state index is 0.0392. The van der Waals surface area contributed by atoms with Crippen molar-refractivity contribution >= 4 is 5.91 Å². The van der Waals surface area contributed by atoms with Gasteiger partial charge in [0, 0.05) is 19.8 Å². The first-order valence-corrected chi connectivity index (χ1v) is 7.26. The Morgan fingerprint density at radius 1 is 1.44 bits per heavy atom. The highest BCUT2D eigenvalue weighted by molar-refractivity contribution is 5.83. The summed E-state index contributed by atoms with van der Waals surface area (Å²) >= 11 is 0. The topological polar surface area (TPSA) is 41.6 Å². The molecule has 18 heavy (non-hydrogen) atoms. The molecule has 1 heterocycles. The summed E-state index contributed by atoms with van der Waals surface area (Å²) in [6, 6.07) is 0.0392. The molecule has 0 radical (unpaired) electrons. The lowest BCUT2D eigenvalue weighted by atomic mass is 10.0. The first-order valence-electron chi connectivity index (χ1n) is 7.26. The predicted molar refractivity (Wildman–Crippen MR) is 71.1 cm³/mol. The van der Waals surface area contributed by atoms with Crippen LogP contribution in [-0.4, -0.2) is 43.3 Å². The fraction of sp³-hybridized carbons (Fsp3) is 0.929. The van der Waals surface area contributed by atoms with Gasteiger partial charge in [-0.3, -0.25) is 10.1 Å². The fourth-order valence-electron chi connectivity index (χ4n) is 2.34. The molecule has 0 aromatic carbocycles. The summed E-state index contributed by atoms with van der Waals surface area (Å²) in [6.45, 7) is 7.55. The van der Waals surface area contributed by atoms with E-state index in [0.29, 0.717) is 12.6 Å². The standard InChI is InChI=1S/C14H26N2O2/c1-11(2)8-13-14(17)16(10-15-13)6-3-7-18-9-12-4-5-12/h11-13,15H,3-10H2,1-2H3. The number of hydrogen-bond donors (Lipinski definition) is 1. The molecule has 1 amide bonds. The van der Waals surface area contributed by atoms with E-state index >= 15 is 0 Å². The maximum Gasteiger partial charge on any atom is 0.240 e. The molecule has 104 valence electrons. The molecule has 0 bridgehead atoms. The van der Waals surface area contributed by atoms with Crippen LogP contribution in [0.2, 0.25) is 0 Å². The summed E-state index contributed by atoms with van der Waals surface area (Å²) in [7, 11) is 0. The molecule has 1 unspecified atom stereocenters. The number of rotatable bonds is 8. The van der Waals surface area contributed by atoms with Crippen molar-refractivity contribution in [3.05, 3.63) is 0 Å². The predicted octanol–water partition coefficient (Wildman–Crippen LogP) is 1.61. The van der Waals surface area contributed by atoms with Crippen molar-refractivity contribution in [2.75, 3.05) is 26.4 Å². The second kappa shape index (κ2) is 6.53. The number of carbonyl (C=O) groups excluding carboxylic acids is 1. The van der Waals surface area contributed by atoms with Gasteiger partial charge in [-0.2, -0.15) is 0 Å². The first-order chi connectivity index (χ1) is 8.66. The van der Waals surface area contributed by atoms with E-state index < -0.39 is 0 Å². The second-order valence-corrected chi connectivity index (χ2v) is 6.02. The average molecular weight is 254 g/mol. The Hall–Kier alpha value is -0.610. The minimum Gasteiger partial charge on any atom is -0.381 e. The highest BCUT2D eigenvalue weighted by Crippen LogP contribution is 2.28. The van der Waals surface area contributed by atoms with Crippen molar-refractivity contribution in [3.8, 4) is 0 Å². The van der Waals surface area contributed by atoms with E-state index in [2.05, 4.69) is 19.2 Å². The smallest absolute Gasteiger partial charge is 0.240 e. The van der Waals surface area contributed by atoms with Crippen LogP contribution < -0.4 is 5.32 Å². The van der Waals surface area contributed by atoms with Crippen molar-refractivity contribution in [3.63, 3.8) is 0 Å². The van der Waals surface area contributed by atoms with Gasteiger partial charge in [0.2, 0.25) is 5.91 Å². The fourth-order valence-corrected chi connectivity index (χ4v) is 2.34. The zero-order chi connectivity index (χ0) is 13.0. The number of hydrogen-bond acceptors (Lipinski definition) is 3. The third-order valence-electron chi connectivity index (χ3n) is 3.61. The highest BCUT2D eigenvalue weighted by atomic mass is 16.5. The molecule has 2 fully saturated rings. The maximum atomic E-state index is 12.0. The number of ether oxygens (including phenoxy) is 1. The largest absolute Gasteiger partial charge is 0.381 e. The van der Waals surface area contributed by atoms with Crippen LogP contribution in [0.1, 0.15) is 39.5 Å². The van der Waals surface area contributed by atoms with Crippen molar-refractivity contribution in [2.45, 2.75) is 45.6 Å². The monoisotopic (exact) mass is 254 g/mol. The molecule has 4 nitrogen and oxygen atoms in total. The van der Waals surface area contributed by atoms with Crippen LogP contribution in [0.15, 0.2) is 0 Å². The summed E-state index contributed by atoms with van der Waals surface area (Å²) in [5.74, 6) is 1.66. The van der Waals surface area contributed by atoms with Crippen LogP contribution in [0.5, 0.6) is 0 Å². The zero-order valence-electron chi connectivity index (χ0n) is 11.7. The third kappa shape index (κ3) is 4.25. The van der Waals surface area contributed by atoms with Crippen molar-refractivity contribution in [1.82, 2.24) is 10.2 Å². The third-order valence-corrected chi connectivity index (χ3v) is 3.61. The lowest BCUT2D eigenvalue weighted by Gasteiger charge is -2.16. The summed E-state index contributed by atoms with van der Waals surface area (Å²) in [5, 5.41) is 3.29. The molecule has 0 spiro atoms. The molecule has 4 heteroatoms. The van der Waals surface area contributed by atoms with Gasteiger partial charge in [-0.25, -0.2) is 0 Å². The molecule has 0 aromatic rings. The molecule has 1 aliphatic carbocycles. The van der Waals surface area contributed by atoms with E-state index in [1.54, 1.807) is 0 Å². The van der Waals surface area contributed by atoms with Gasteiger partial charge in [0.1, 0.15) is 0 Å². The van der Waals surface area contributed by atoms with Crippen LogP contribution >= 0.6 is 0 Å². The van der Waals surface area contributed by atoms with Crippen LogP contribution in [0, 0.1) is 11.8 Å². The van der Waals surface area contributed by atoms with Gasteiger partial charge in [0.15, 0.2) is 0 Å². The lowest BCUT2D eigenvalue weighted by molar-refractivity contribution is -0.129. The van der Waals surface area contributed by atoms with Crippen LogP contribution in [-0.2, 0) is 9.53 Å². The molecule has 1 atom stereocenters. The molecule has 2 aliphatic rings. The number of amides is 1. The molecule has 1 saturated heterocycles. The number of carbonyl (C=O) groups is 1. The van der Waals surface area contributed by atoms with E-state index in [9.17, 15) is 4.79 Å². The van der Waals surface area contributed by atoms with Gasteiger partial charge in [0.05, 0.1) is 12.7 Å². The zero-order valence-corrected chi connectivity index (χ0v) is 11.7. The number of nitrogens with one attached hydrogen (secondary N) is 1. The van der Waals surface area contributed by atoms with Gasteiger partial charge < -0.3 is 9.64 Å². The molecule has 1 aliphatic heterocycles. The Balaban J connectivity index is 1.56. The summed E-state index contributed by atoms with van der Waals surface area (Å²) in [5.41, 5.74) is 0. The quantitative estimate of drug-likeness (QED) is 0.669. The molecule has 0 aromatic heterocycles. The van der Waals surface area contributed by atoms with E-state index in [4.69, 9.17) is 4.74 Å². The summed E-state index contributed by atoms with van der Waals surface area (Å²) in [4.78, 5) is 14.0.